The van der Waals surface area contributed by atoms with Gasteiger partial charge in [-0.3, -0.25) is 9.69 Å². The van der Waals surface area contributed by atoms with Crippen molar-refractivity contribution >= 4 is 34.8 Å². The third-order valence-electron chi connectivity index (χ3n) is 5.77. The van der Waals surface area contributed by atoms with E-state index in [4.69, 9.17) is 9.15 Å². The first-order valence-electron chi connectivity index (χ1n) is 11.2. The van der Waals surface area contributed by atoms with Crippen LogP contribution in [0.5, 0.6) is 5.75 Å². The molecule has 0 spiro atoms. The number of hydrogen-bond donors (Lipinski definition) is 1. The highest BCUT2D eigenvalue weighted by Crippen LogP contribution is 2.23. The Hall–Kier alpha value is -4.85. The van der Waals surface area contributed by atoms with Crippen molar-refractivity contribution in [3.8, 4) is 5.75 Å². The fourth-order valence-corrected chi connectivity index (χ4v) is 3.98. The lowest BCUT2D eigenvalue weighted by molar-refractivity contribution is -0.123. The Bertz CT molecular complexity index is 1500. The van der Waals surface area contributed by atoms with Crippen LogP contribution in [-0.4, -0.2) is 29.9 Å². The van der Waals surface area contributed by atoms with E-state index in [2.05, 4.69) is 28.3 Å². The molecule has 1 saturated heterocycles. The van der Waals surface area contributed by atoms with Crippen LogP contribution >= 0.6 is 0 Å². The third kappa shape index (κ3) is 4.69. The SMILES string of the molecule is COC(=O)c1ccc(CN2C(=O)N/C(=C\c3cccc(OCc4cccc5ccccc45)c3)C2=O)o1. The average molecular weight is 482 g/mol. The molecule has 4 aromatic rings. The first-order valence-corrected chi connectivity index (χ1v) is 11.2. The number of imide groups is 1. The van der Waals surface area contributed by atoms with Gasteiger partial charge in [0.1, 0.15) is 23.8 Å². The number of benzene rings is 3. The molecule has 2 heterocycles. The Kier molecular flexibility index (Phi) is 6.23. The van der Waals surface area contributed by atoms with E-state index in [1.165, 1.54) is 19.2 Å². The minimum atomic E-state index is -0.637. The summed E-state index contributed by atoms with van der Waals surface area (Å²) in [6, 6.07) is 23.9. The van der Waals surface area contributed by atoms with Crippen molar-refractivity contribution in [3.05, 3.63) is 107 Å². The zero-order valence-corrected chi connectivity index (χ0v) is 19.4. The highest BCUT2D eigenvalue weighted by molar-refractivity contribution is 6.13. The van der Waals surface area contributed by atoms with E-state index in [-0.39, 0.29) is 23.8 Å². The van der Waals surface area contributed by atoms with E-state index in [1.807, 2.05) is 42.5 Å². The summed E-state index contributed by atoms with van der Waals surface area (Å²) in [6.07, 6.45) is 1.59. The van der Waals surface area contributed by atoms with Crippen LogP contribution in [-0.2, 0) is 22.7 Å². The van der Waals surface area contributed by atoms with Crippen molar-refractivity contribution in [1.29, 1.82) is 0 Å². The van der Waals surface area contributed by atoms with Crippen molar-refractivity contribution in [1.82, 2.24) is 10.2 Å². The second-order valence-electron chi connectivity index (χ2n) is 8.14. The smallest absolute Gasteiger partial charge is 0.373 e. The quantitative estimate of drug-likeness (QED) is 0.229. The number of nitrogens with zero attached hydrogens (tertiary/aromatic N) is 1. The second-order valence-corrected chi connectivity index (χ2v) is 8.14. The molecule has 0 atom stereocenters. The molecule has 1 aliphatic rings. The van der Waals surface area contributed by atoms with Gasteiger partial charge in [-0.15, -0.1) is 0 Å². The van der Waals surface area contributed by atoms with Crippen LogP contribution in [0, 0.1) is 0 Å². The van der Waals surface area contributed by atoms with Crippen LogP contribution in [0.2, 0.25) is 0 Å². The summed E-state index contributed by atoms with van der Waals surface area (Å²) in [5.41, 5.74) is 1.90. The fourth-order valence-electron chi connectivity index (χ4n) is 3.98. The van der Waals surface area contributed by atoms with Gasteiger partial charge in [-0.25, -0.2) is 9.59 Å². The summed E-state index contributed by atoms with van der Waals surface area (Å²) in [6.45, 7) is 0.273. The molecule has 3 aromatic carbocycles. The van der Waals surface area contributed by atoms with Crippen LogP contribution in [0.1, 0.15) is 27.4 Å². The van der Waals surface area contributed by atoms with Gasteiger partial charge in [0.25, 0.3) is 5.91 Å². The Morgan fingerprint density at radius 1 is 1.00 bits per heavy atom. The van der Waals surface area contributed by atoms with E-state index >= 15 is 0 Å². The zero-order valence-electron chi connectivity index (χ0n) is 19.4. The molecule has 8 nitrogen and oxygen atoms in total. The third-order valence-corrected chi connectivity index (χ3v) is 5.77. The molecule has 1 N–H and O–H groups in total. The van der Waals surface area contributed by atoms with Gasteiger partial charge in [-0.1, -0.05) is 54.6 Å². The van der Waals surface area contributed by atoms with Crippen LogP contribution in [0.25, 0.3) is 16.8 Å². The van der Waals surface area contributed by atoms with Gasteiger partial charge in [0.05, 0.1) is 13.7 Å². The summed E-state index contributed by atoms with van der Waals surface area (Å²) in [4.78, 5) is 37.8. The molecule has 180 valence electrons. The van der Waals surface area contributed by atoms with Crippen molar-refractivity contribution in [2.45, 2.75) is 13.2 Å². The number of carbonyl (C=O) groups excluding carboxylic acids is 3. The van der Waals surface area contributed by atoms with Crippen LogP contribution in [0.4, 0.5) is 4.79 Å². The lowest BCUT2D eigenvalue weighted by Gasteiger charge is -2.10. The molecular formula is C28H22N2O6. The normalized spacial score (nSPS) is 14.4. The molecule has 0 saturated carbocycles. The zero-order chi connectivity index (χ0) is 25.1. The maximum Gasteiger partial charge on any atom is 0.373 e. The summed E-state index contributed by atoms with van der Waals surface area (Å²) < 4.78 is 16.0. The topological polar surface area (TPSA) is 98.1 Å². The Labute approximate surface area is 206 Å². The van der Waals surface area contributed by atoms with Gasteiger partial charge in [0.2, 0.25) is 5.76 Å². The first-order chi connectivity index (χ1) is 17.5. The number of esters is 1. The molecule has 0 radical (unpaired) electrons. The van der Waals surface area contributed by atoms with Crippen LogP contribution in [0.3, 0.4) is 0 Å². The number of carbonyl (C=O) groups is 3. The number of methoxy groups -OCH3 is 1. The molecule has 5 rings (SSSR count). The Morgan fingerprint density at radius 2 is 1.81 bits per heavy atom. The molecule has 1 aromatic heterocycles. The molecule has 36 heavy (non-hydrogen) atoms. The molecule has 8 heteroatoms. The van der Waals surface area contributed by atoms with E-state index in [1.54, 1.807) is 12.1 Å². The molecule has 0 aliphatic carbocycles. The molecule has 1 fully saturated rings. The highest BCUT2D eigenvalue weighted by atomic mass is 16.5. The summed E-state index contributed by atoms with van der Waals surface area (Å²) in [7, 11) is 1.24. The standard InChI is InChI=1S/C28H22N2O6/c1-34-27(32)25-13-12-22(36-25)16-30-26(31)24(29-28(30)33)15-18-6-4-10-21(14-18)35-17-20-9-5-8-19-7-2-3-11-23(19)20/h2-15H,16-17H2,1H3,(H,29,33)/b24-15-. The monoisotopic (exact) mass is 482 g/mol. The average Bonchev–Trinajstić information content (AvgIpc) is 3.47. The largest absolute Gasteiger partial charge is 0.489 e. The number of amides is 3. The van der Waals surface area contributed by atoms with Gasteiger partial charge >= 0.3 is 12.0 Å². The van der Waals surface area contributed by atoms with Gasteiger partial charge < -0.3 is 19.2 Å². The van der Waals surface area contributed by atoms with Gasteiger partial charge in [0, 0.05) is 0 Å². The number of ether oxygens (including phenoxy) is 2. The number of hydrogen-bond acceptors (Lipinski definition) is 6. The fraction of sp³-hybridized carbons (Fsp3) is 0.107. The lowest BCUT2D eigenvalue weighted by atomic mass is 10.1. The number of urea groups is 1. The number of furan rings is 1. The van der Waals surface area contributed by atoms with E-state index in [9.17, 15) is 14.4 Å². The minimum Gasteiger partial charge on any atom is -0.489 e. The molecule has 3 amide bonds. The Balaban J connectivity index is 1.28. The molecular weight excluding hydrogens is 460 g/mol. The predicted molar refractivity (Wildman–Crippen MR) is 132 cm³/mol. The first kappa shape index (κ1) is 22.9. The number of fused-ring (bicyclic) bond motifs is 1. The van der Waals surface area contributed by atoms with Crippen molar-refractivity contribution in [2.24, 2.45) is 0 Å². The van der Waals surface area contributed by atoms with Crippen molar-refractivity contribution < 1.29 is 28.3 Å². The summed E-state index contributed by atoms with van der Waals surface area (Å²) in [5.74, 6) is -0.226. The highest BCUT2D eigenvalue weighted by Gasteiger charge is 2.34. The minimum absolute atomic E-state index is 0.00404. The van der Waals surface area contributed by atoms with E-state index < -0.39 is 17.9 Å². The van der Waals surface area contributed by atoms with Gasteiger partial charge in [-0.2, -0.15) is 0 Å². The maximum absolute atomic E-state index is 12.9. The predicted octanol–water partition coefficient (Wildman–Crippen LogP) is 4.89. The molecule has 0 unspecified atom stereocenters. The number of rotatable bonds is 7. The number of nitrogens with one attached hydrogen (secondary N) is 1. The Morgan fingerprint density at radius 3 is 2.67 bits per heavy atom. The van der Waals surface area contributed by atoms with Gasteiger partial charge in [0.15, 0.2) is 0 Å². The summed E-state index contributed by atoms with van der Waals surface area (Å²) >= 11 is 0. The molecule has 1 aliphatic heterocycles. The summed E-state index contributed by atoms with van der Waals surface area (Å²) in [5, 5.41) is 4.86. The molecule has 0 bridgehead atoms. The van der Waals surface area contributed by atoms with Crippen molar-refractivity contribution in [2.75, 3.05) is 7.11 Å². The lowest BCUT2D eigenvalue weighted by Crippen LogP contribution is -2.30. The van der Waals surface area contributed by atoms with E-state index in [0.717, 1.165) is 21.2 Å². The van der Waals surface area contributed by atoms with Crippen molar-refractivity contribution in [3.63, 3.8) is 0 Å². The van der Waals surface area contributed by atoms with Crippen LogP contribution in [0.15, 0.2) is 89.0 Å². The van der Waals surface area contributed by atoms with Gasteiger partial charge in [-0.05, 0) is 52.2 Å². The maximum atomic E-state index is 12.9. The van der Waals surface area contributed by atoms with E-state index in [0.29, 0.717) is 17.9 Å². The van der Waals surface area contributed by atoms with Crippen LogP contribution < -0.4 is 10.1 Å². The second kappa shape index (κ2) is 9.79.